The maximum Gasteiger partial charge on any atom is 0.410 e. The molecular weight excluding hydrogens is 730 g/mol. The number of amides is 2. The minimum absolute atomic E-state index is 0.0434. The smallest absolute Gasteiger partial charge is 0.410 e. The molecule has 0 saturated carbocycles. The number of carbonyl (C=O) groups excluding carboxylic acids is 2. The summed E-state index contributed by atoms with van der Waals surface area (Å²) in [6.07, 6.45) is 1.57. The minimum atomic E-state index is -0.944. The normalized spacial score (nSPS) is 17.3. The van der Waals surface area contributed by atoms with Gasteiger partial charge in [-0.15, -0.1) is 0 Å². The molecule has 0 spiro atoms. The second kappa shape index (κ2) is 15.1. The van der Waals surface area contributed by atoms with Crippen LogP contribution in [0.1, 0.15) is 65.6 Å². The Morgan fingerprint density at radius 2 is 1.78 bits per heavy atom. The van der Waals surface area contributed by atoms with Crippen LogP contribution in [0.15, 0.2) is 41.3 Å². The maximum absolute atomic E-state index is 18.0. The number of hydrogen-bond donors (Lipinski definition) is 0. The molecule has 4 aromatic rings. The second-order valence-corrected chi connectivity index (χ2v) is 16.2. The number of anilines is 2. The van der Waals surface area contributed by atoms with Crippen molar-refractivity contribution < 1.29 is 27.8 Å². The van der Waals surface area contributed by atoms with Crippen molar-refractivity contribution in [3.63, 3.8) is 0 Å². The van der Waals surface area contributed by atoms with Crippen molar-refractivity contribution >= 4 is 45.9 Å². The van der Waals surface area contributed by atoms with E-state index in [1.54, 1.807) is 37.9 Å². The maximum atomic E-state index is 18.0. The molecule has 2 atom stereocenters. The van der Waals surface area contributed by atoms with Gasteiger partial charge in [-0.2, -0.15) is 0 Å². The number of hydrogen-bond acceptors (Lipinski definition) is 8. The third-order valence-corrected chi connectivity index (χ3v) is 10.5. The lowest BCUT2D eigenvalue weighted by Gasteiger charge is -2.50. The third kappa shape index (κ3) is 7.01. The van der Waals surface area contributed by atoms with E-state index >= 15 is 13.6 Å². The summed E-state index contributed by atoms with van der Waals surface area (Å²) in [6, 6.07) is 6.06. The molecule has 0 radical (unpaired) electrons. The van der Waals surface area contributed by atoms with Gasteiger partial charge in [-0.3, -0.25) is 19.1 Å². The van der Waals surface area contributed by atoms with Crippen LogP contribution in [0.2, 0.25) is 5.02 Å². The van der Waals surface area contributed by atoms with Crippen LogP contribution in [-0.4, -0.2) is 96.4 Å². The van der Waals surface area contributed by atoms with Gasteiger partial charge < -0.3 is 29.1 Å². The number of fused-ring (bicyclic) bond motifs is 5. The number of methoxy groups -OCH3 is 1. The lowest BCUT2D eigenvalue weighted by Crippen LogP contribution is -2.67. The Kier molecular flexibility index (Phi) is 10.9. The summed E-state index contributed by atoms with van der Waals surface area (Å²) in [6.45, 7) is 13.5. The van der Waals surface area contributed by atoms with Gasteiger partial charge in [0.1, 0.15) is 28.9 Å². The van der Waals surface area contributed by atoms with Crippen molar-refractivity contribution in [3.8, 4) is 22.6 Å². The number of ether oxygens (including phenoxy) is 2. The fourth-order valence-corrected chi connectivity index (χ4v) is 7.92. The van der Waals surface area contributed by atoms with Crippen LogP contribution in [0, 0.1) is 11.6 Å². The van der Waals surface area contributed by atoms with Crippen molar-refractivity contribution in [2.24, 2.45) is 0 Å². The largest absolute Gasteiger partial charge is 0.496 e. The molecule has 14 heteroatoms. The number of piperazine rings is 1. The van der Waals surface area contributed by atoms with Gasteiger partial charge in [-0.05, 0) is 84.0 Å². The van der Waals surface area contributed by atoms with Crippen LogP contribution in [0.5, 0.6) is 5.75 Å². The number of likely N-dealkylation sites (N-methyl/N-ethyl adjacent to an activating group) is 1. The predicted molar refractivity (Wildman–Crippen MR) is 212 cm³/mol. The number of benzene rings is 2. The van der Waals surface area contributed by atoms with Gasteiger partial charge in [-0.1, -0.05) is 38.4 Å². The molecule has 2 aromatic heterocycles. The van der Waals surface area contributed by atoms with Crippen LogP contribution in [0.4, 0.5) is 25.0 Å². The first-order chi connectivity index (χ1) is 25.9. The Morgan fingerprint density at radius 3 is 2.40 bits per heavy atom. The first-order valence-electron chi connectivity index (χ1n) is 18.6. The molecule has 1 saturated heterocycles. The third-order valence-electron chi connectivity index (χ3n) is 10.2. The van der Waals surface area contributed by atoms with Gasteiger partial charge in [0.15, 0.2) is 5.82 Å². The highest BCUT2D eigenvalue weighted by atomic mass is 35.5. The van der Waals surface area contributed by atoms with Crippen LogP contribution >= 0.6 is 11.6 Å². The number of aryl methyl sites for hydroxylation is 1. The number of nitrogens with zero attached hydrogens (tertiary/aromatic N) is 6. The van der Waals surface area contributed by atoms with Crippen molar-refractivity contribution in [3.05, 3.63) is 74.8 Å². The molecular formula is C41H49ClF2N6O5. The molecule has 2 aromatic carbocycles. The van der Waals surface area contributed by atoms with Crippen LogP contribution in [0.3, 0.4) is 0 Å². The fraction of sp³-hybridized carbons (Fsp3) is 0.463. The Balaban J connectivity index is 1.78. The molecule has 0 bridgehead atoms. The molecule has 6 rings (SSSR count). The number of aromatic nitrogens is 2. The summed E-state index contributed by atoms with van der Waals surface area (Å²) in [7, 11) is 5.07. The van der Waals surface area contributed by atoms with Crippen molar-refractivity contribution in [1.82, 2.24) is 19.4 Å². The highest BCUT2D eigenvalue weighted by molar-refractivity contribution is 6.35. The molecule has 55 heavy (non-hydrogen) atoms. The van der Waals surface area contributed by atoms with Gasteiger partial charge in [-0.25, -0.2) is 13.6 Å². The second-order valence-electron chi connectivity index (χ2n) is 15.8. The first-order valence-corrected chi connectivity index (χ1v) is 18.9. The van der Waals surface area contributed by atoms with Gasteiger partial charge in [0, 0.05) is 42.8 Å². The van der Waals surface area contributed by atoms with E-state index in [1.165, 1.54) is 45.7 Å². The molecule has 0 unspecified atom stereocenters. The monoisotopic (exact) mass is 778 g/mol. The predicted octanol–water partition coefficient (Wildman–Crippen LogP) is 7.40. The van der Waals surface area contributed by atoms with Gasteiger partial charge >= 0.3 is 6.09 Å². The van der Waals surface area contributed by atoms with E-state index in [1.807, 2.05) is 46.7 Å². The number of pyridine rings is 2. The molecule has 1 fully saturated rings. The van der Waals surface area contributed by atoms with E-state index in [0.29, 0.717) is 30.0 Å². The topological polar surface area (TPSA) is 100 Å². The quantitative estimate of drug-likeness (QED) is 0.183. The summed E-state index contributed by atoms with van der Waals surface area (Å²) in [5.74, 6) is -2.24. The molecule has 2 aliphatic heterocycles. The molecule has 2 aliphatic rings. The summed E-state index contributed by atoms with van der Waals surface area (Å²) >= 11 is 7.03. The Labute approximate surface area is 325 Å². The average Bonchev–Trinajstić information content (AvgIpc) is 3.11. The fourth-order valence-electron chi connectivity index (χ4n) is 7.64. The first kappa shape index (κ1) is 39.9. The lowest BCUT2D eigenvalue weighted by atomic mass is 9.94. The molecule has 0 aliphatic carbocycles. The molecule has 11 nitrogen and oxygen atoms in total. The van der Waals surface area contributed by atoms with E-state index in [9.17, 15) is 9.59 Å². The average molecular weight is 779 g/mol. The van der Waals surface area contributed by atoms with E-state index in [4.69, 9.17) is 21.1 Å². The van der Waals surface area contributed by atoms with Crippen LogP contribution in [0.25, 0.3) is 27.7 Å². The molecule has 4 heterocycles. The number of rotatable bonds is 8. The SMILES string of the molecule is CCc1ccnc(C(C)C)c1-n1c(=O)c2c(c3cc(Cl)c(-c4c(F)cccc4OC)c(F)c31)N1C[C@@H](C)N(C(=O)OC(C)(C)C)C[C@@H]1C(=O)N2CCN(C)C. The zero-order chi connectivity index (χ0) is 40.3. The van der Waals surface area contributed by atoms with Gasteiger partial charge in [0.25, 0.3) is 11.5 Å². The zero-order valence-electron chi connectivity index (χ0n) is 33.1. The summed E-state index contributed by atoms with van der Waals surface area (Å²) in [5, 5.41) is 0.113. The number of halogens is 3. The van der Waals surface area contributed by atoms with Crippen molar-refractivity contribution in [2.45, 2.75) is 78.5 Å². The Hall–Kier alpha value is -4.75. The summed E-state index contributed by atoms with van der Waals surface area (Å²) < 4.78 is 46.3. The van der Waals surface area contributed by atoms with E-state index in [0.717, 1.165) is 5.56 Å². The lowest BCUT2D eigenvalue weighted by molar-refractivity contribution is -0.121. The summed E-state index contributed by atoms with van der Waals surface area (Å²) in [5.41, 5.74) is -0.0381. The molecule has 2 amide bonds. The highest BCUT2D eigenvalue weighted by Gasteiger charge is 2.48. The Bertz CT molecular complexity index is 2240. The minimum Gasteiger partial charge on any atom is -0.496 e. The summed E-state index contributed by atoms with van der Waals surface area (Å²) in [4.78, 5) is 55.2. The van der Waals surface area contributed by atoms with Gasteiger partial charge in [0.05, 0.1) is 46.8 Å². The van der Waals surface area contributed by atoms with Gasteiger partial charge in [0.2, 0.25) is 0 Å². The zero-order valence-corrected chi connectivity index (χ0v) is 33.8. The van der Waals surface area contributed by atoms with E-state index in [2.05, 4.69) is 4.98 Å². The highest BCUT2D eigenvalue weighted by Crippen LogP contribution is 2.48. The standard InChI is InChI=1S/C41H49ClF2N6O5/c1-11-24-15-16-45-33(22(2)3)34(24)50-35-25(19-26(42)30(32(35)44)31-27(43)13-12-14-29(31)54-10)36-37(39(50)52)47(18-17-46(8)9)38(51)28-21-48(23(4)20-49(28)36)40(53)55-41(5,6)7/h12-16,19,22-23,28H,11,17-18,20-21H2,1-10H3/t23-,28-/m1/s1. The molecule has 0 N–H and O–H groups in total. The number of carbonyl (C=O) groups is 2. The van der Waals surface area contributed by atoms with E-state index in [-0.39, 0.29) is 69.9 Å². The van der Waals surface area contributed by atoms with Crippen LogP contribution < -0.4 is 20.1 Å². The molecule has 294 valence electrons. The van der Waals surface area contributed by atoms with Crippen LogP contribution in [-0.2, 0) is 16.0 Å². The Morgan fingerprint density at radius 1 is 1.07 bits per heavy atom. The van der Waals surface area contributed by atoms with E-state index < -0.39 is 41.0 Å². The van der Waals surface area contributed by atoms with Crippen molar-refractivity contribution in [1.29, 1.82) is 0 Å². The van der Waals surface area contributed by atoms with Crippen molar-refractivity contribution in [2.75, 3.05) is 57.2 Å².